The molecule has 4 fully saturated rings. The molecule has 36 heavy (non-hydrogen) atoms. The van der Waals surface area contributed by atoms with Gasteiger partial charge in [0.15, 0.2) is 0 Å². The highest BCUT2D eigenvalue weighted by Gasteiger charge is 2.54. The highest BCUT2D eigenvalue weighted by molar-refractivity contribution is 5.88. The number of hydrogen-bond donors (Lipinski definition) is 3. The van der Waals surface area contributed by atoms with E-state index in [0.29, 0.717) is 11.5 Å². The van der Waals surface area contributed by atoms with Gasteiger partial charge in [0.25, 0.3) is 0 Å². The number of nitrogens with one attached hydrogen (secondary N) is 1. The lowest BCUT2D eigenvalue weighted by Gasteiger charge is -2.51. The number of urea groups is 1. The van der Waals surface area contributed by atoms with Gasteiger partial charge in [0.2, 0.25) is 0 Å². The Balaban J connectivity index is 1.01. The summed E-state index contributed by atoms with van der Waals surface area (Å²) in [5.41, 5.74) is 13.7. The Morgan fingerprint density at radius 2 is 1.78 bits per heavy atom. The number of likely N-dealkylation sites (tertiary alicyclic amines) is 2. The Kier molecular flexibility index (Phi) is 6.09. The van der Waals surface area contributed by atoms with Gasteiger partial charge in [-0.1, -0.05) is 12.1 Å². The number of rotatable bonds is 6. The van der Waals surface area contributed by atoms with E-state index in [4.69, 9.17) is 11.5 Å². The molecular weight excluding hydrogens is 454 g/mol. The van der Waals surface area contributed by atoms with Crippen LogP contribution in [-0.2, 0) is 6.42 Å². The molecule has 3 atom stereocenters. The summed E-state index contributed by atoms with van der Waals surface area (Å²) in [5.74, 6) is 2.69. The van der Waals surface area contributed by atoms with Gasteiger partial charge in [-0.3, -0.25) is 9.88 Å². The third kappa shape index (κ3) is 4.55. The first-order chi connectivity index (χ1) is 17.4. The predicted octanol–water partition coefficient (Wildman–Crippen LogP) is 1.65. The van der Waals surface area contributed by atoms with Crippen molar-refractivity contribution >= 4 is 11.8 Å². The molecule has 2 saturated heterocycles. The van der Waals surface area contributed by atoms with Gasteiger partial charge < -0.3 is 21.3 Å². The van der Waals surface area contributed by atoms with Gasteiger partial charge in [-0.15, -0.1) is 0 Å². The molecule has 6 rings (SSSR count). The number of aromatic nitrogens is 2. The first-order valence-electron chi connectivity index (χ1n) is 13.4. The summed E-state index contributed by atoms with van der Waals surface area (Å²) in [7, 11) is 0. The molecule has 2 aliphatic carbocycles. The van der Waals surface area contributed by atoms with Gasteiger partial charge in [-0.2, -0.15) is 4.98 Å². The molecule has 0 bridgehead atoms. The topological polar surface area (TPSA) is 123 Å². The molecule has 9 nitrogen and oxygen atoms in total. The molecule has 2 saturated carbocycles. The van der Waals surface area contributed by atoms with Crippen molar-refractivity contribution in [2.75, 3.05) is 44.6 Å². The minimum absolute atomic E-state index is 0.198. The van der Waals surface area contributed by atoms with Crippen LogP contribution in [0.3, 0.4) is 0 Å². The lowest BCUT2D eigenvalue weighted by atomic mass is 9.61. The molecule has 9 heteroatoms. The highest BCUT2D eigenvalue weighted by atomic mass is 16.2. The summed E-state index contributed by atoms with van der Waals surface area (Å²) in [5, 5.41) is 2.79. The maximum atomic E-state index is 12.7. The van der Waals surface area contributed by atoms with Crippen LogP contribution in [0.2, 0.25) is 0 Å². The number of nitrogens with zero attached hydrogens (tertiary/aromatic N) is 4. The number of carbonyl (C=O) groups excluding carboxylic acids is 1. The Morgan fingerprint density at radius 1 is 1.08 bits per heavy atom. The smallest absolute Gasteiger partial charge is 0.330 e. The maximum absolute atomic E-state index is 12.7. The molecule has 0 unspecified atom stereocenters. The van der Waals surface area contributed by atoms with Crippen LogP contribution in [0.15, 0.2) is 41.3 Å². The number of amides is 2. The fourth-order valence-electron chi connectivity index (χ4n) is 6.88. The first kappa shape index (κ1) is 23.6. The fraction of sp³-hybridized carbons (Fsp3) is 0.593. The molecule has 3 heterocycles. The average Bonchev–Trinajstić information content (AvgIpc) is 3.34. The van der Waals surface area contributed by atoms with Crippen LogP contribution in [0.25, 0.3) is 5.69 Å². The van der Waals surface area contributed by atoms with Gasteiger partial charge >= 0.3 is 11.7 Å². The van der Waals surface area contributed by atoms with Crippen molar-refractivity contribution in [2.45, 2.75) is 38.1 Å². The molecule has 2 aliphatic heterocycles. The molecule has 2 aromatic rings. The van der Waals surface area contributed by atoms with Crippen LogP contribution >= 0.6 is 0 Å². The van der Waals surface area contributed by atoms with Crippen molar-refractivity contribution in [3.8, 4) is 5.69 Å². The highest BCUT2D eigenvalue weighted by Crippen LogP contribution is 2.51. The molecule has 192 valence electrons. The molecular formula is C27H37N7O2. The van der Waals surface area contributed by atoms with Crippen LogP contribution in [0.1, 0.15) is 31.2 Å². The van der Waals surface area contributed by atoms with Crippen molar-refractivity contribution in [1.29, 1.82) is 0 Å². The van der Waals surface area contributed by atoms with E-state index in [9.17, 15) is 9.59 Å². The summed E-state index contributed by atoms with van der Waals surface area (Å²) < 4.78 is 1.50. The van der Waals surface area contributed by atoms with E-state index in [-0.39, 0.29) is 11.8 Å². The minimum Gasteiger partial charge on any atom is -0.330 e. The van der Waals surface area contributed by atoms with Gasteiger partial charge in [-0.05, 0) is 85.6 Å². The third-order valence-corrected chi connectivity index (χ3v) is 9.19. The van der Waals surface area contributed by atoms with E-state index in [1.165, 1.54) is 23.2 Å². The standard InChI is InChI=1S/C27H37N7O2/c28-15-21-22-16-32(17-23(21)22)9-5-18-1-3-20(4-2-18)34-10-6-24(31-26(34)36)30-25(35)33-11-7-27(8-12-33)13-19(29)14-27/h1-4,6,10,19,21-23H,5,7-9,11-17,28-29H2,(H,30,31,35,36)/t21-,22-,23+. The van der Waals surface area contributed by atoms with E-state index in [1.54, 1.807) is 12.3 Å². The lowest BCUT2D eigenvalue weighted by Crippen LogP contribution is -2.53. The monoisotopic (exact) mass is 491 g/mol. The zero-order chi connectivity index (χ0) is 24.9. The summed E-state index contributed by atoms with van der Waals surface area (Å²) in [6.07, 6.45) is 6.79. The van der Waals surface area contributed by atoms with Gasteiger partial charge in [0.05, 0.1) is 5.69 Å². The fourth-order valence-corrected chi connectivity index (χ4v) is 6.88. The van der Waals surface area contributed by atoms with Crippen LogP contribution in [0.4, 0.5) is 10.6 Å². The maximum Gasteiger partial charge on any atom is 0.354 e. The second-order valence-corrected chi connectivity index (χ2v) is 11.5. The number of benzene rings is 1. The number of anilines is 1. The van der Waals surface area contributed by atoms with Gasteiger partial charge in [-0.25, -0.2) is 9.59 Å². The zero-order valence-corrected chi connectivity index (χ0v) is 20.8. The molecule has 5 N–H and O–H groups in total. The van der Waals surface area contributed by atoms with Crippen LogP contribution in [-0.4, -0.2) is 70.7 Å². The van der Waals surface area contributed by atoms with E-state index in [0.717, 1.165) is 81.7 Å². The minimum atomic E-state index is -0.410. The molecule has 0 radical (unpaired) electrons. The van der Waals surface area contributed by atoms with Crippen molar-refractivity contribution < 1.29 is 4.79 Å². The predicted molar refractivity (Wildman–Crippen MR) is 139 cm³/mol. The third-order valence-electron chi connectivity index (χ3n) is 9.19. The van der Waals surface area contributed by atoms with Crippen LogP contribution in [0, 0.1) is 23.2 Å². The first-order valence-corrected chi connectivity index (χ1v) is 13.4. The Hall–Kier alpha value is -2.75. The summed E-state index contributed by atoms with van der Waals surface area (Å²) in [6, 6.07) is 9.87. The Labute approximate surface area is 211 Å². The molecule has 4 aliphatic rings. The van der Waals surface area contributed by atoms with Crippen molar-refractivity contribution in [2.24, 2.45) is 34.6 Å². The summed E-state index contributed by atoms with van der Waals surface area (Å²) >= 11 is 0. The molecule has 1 aromatic heterocycles. The zero-order valence-electron chi connectivity index (χ0n) is 20.8. The normalized spacial score (nSPS) is 27.1. The molecule has 1 aromatic carbocycles. The number of hydrogen-bond acceptors (Lipinski definition) is 6. The lowest BCUT2D eigenvalue weighted by molar-refractivity contribution is 0.0317. The van der Waals surface area contributed by atoms with Crippen molar-refractivity contribution in [1.82, 2.24) is 19.4 Å². The van der Waals surface area contributed by atoms with Crippen LogP contribution < -0.4 is 22.5 Å². The summed E-state index contributed by atoms with van der Waals surface area (Å²) in [6.45, 7) is 5.69. The van der Waals surface area contributed by atoms with Crippen molar-refractivity contribution in [3.63, 3.8) is 0 Å². The quantitative estimate of drug-likeness (QED) is 0.565. The second-order valence-electron chi connectivity index (χ2n) is 11.5. The number of nitrogens with two attached hydrogens (primary N) is 2. The largest absolute Gasteiger partial charge is 0.354 e. The van der Waals surface area contributed by atoms with Crippen LogP contribution in [0.5, 0.6) is 0 Å². The second kappa shape index (κ2) is 9.28. The molecule has 2 amide bonds. The average molecular weight is 492 g/mol. The number of piperidine rings is 2. The van der Waals surface area contributed by atoms with E-state index in [2.05, 4.69) is 27.3 Å². The van der Waals surface area contributed by atoms with Gasteiger partial charge in [0, 0.05) is 45.0 Å². The number of carbonyl (C=O) groups is 1. The Morgan fingerprint density at radius 3 is 2.39 bits per heavy atom. The Bertz CT molecular complexity index is 1150. The van der Waals surface area contributed by atoms with E-state index < -0.39 is 5.69 Å². The number of fused-ring (bicyclic) bond motifs is 1. The SMILES string of the molecule is NC[C@@H]1[C@H]2CN(CCc3ccc(-n4ccc(NC(=O)N5CCC6(CC5)CC(N)C6)nc4=O)cc3)C[C@@H]12. The van der Waals surface area contributed by atoms with E-state index >= 15 is 0 Å². The summed E-state index contributed by atoms with van der Waals surface area (Å²) in [4.78, 5) is 33.8. The van der Waals surface area contributed by atoms with Crippen molar-refractivity contribution in [3.05, 3.63) is 52.6 Å². The van der Waals surface area contributed by atoms with E-state index in [1.807, 2.05) is 17.0 Å². The van der Waals surface area contributed by atoms with Gasteiger partial charge in [0.1, 0.15) is 5.82 Å². The molecule has 1 spiro atoms.